The fourth-order valence-corrected chi connectivity index (χ4v) is 4.12. The number of nitrogens with zero attached hydrogens (tertiary/aromatic N) is 1. The fraction of sp³-hybridized carbons (Fsp3) is 0.632. The second kappa shape index (κ2) is 8.26. The Hall–Kier alpha value is -0.810. The van der Waals surface area contributed by atoms with Gasteiger partial charge in [-0.15, -0.1) is 12.4 Å². The predicted molar refractivity (Wildman–Crippen MR) is 103 cm³/mol. The third-order valence-corrected chi connectivity index (χ3v) is 5.76. The summed E-state index contributed by atoms with van der Waals surface area (Å²) in [7, 11) is 0. The average Bonchev–Trinajstić information content (AvgIpc) is 3.47. The Morgan fingerprint density at radius 2 is 2.00 bits per heavy atom. The van der Waals surface area contributed by atoms with Gasteiger partial charge in [0, 0.05) is 36.7 Å². The van der Waals surface area contributed by atoms with Crippen LogP contribution in [-0.4, -0.2) is 43.0 Å². The van der Waals surface area contributed by atoms with E-state index in [1.165, 1.54) is 31.2 Å². The lowest BCUT2D eigenvalue weighted by atomic mass is 10.0. The van der Waals surface area contributed by atoms with E-state index in [2.05, 4.69) is 21.6 Å². The quantitative estimate of drug-likeness (QED) is 0.793. The molecule has 0 aromatic heterocycles. The first-order valence-corrected chi connectivity index (χ1v) is 9.58. The van der Waals surface area contributed by atoms with Crippen molar-refractivity contribution in [3.8, 4) is 0 Å². The monoisotopic (exact) mass is 383 g/mol. The number of rotatable bonds is 6. The zero-order valence-corrected chi connectivity index (χ0v) is 16.0. The van der Waals surface area contributed by atoms with Gasteiger partial charge in [-0.3, -0.25) is 9.69 Å². The Morgan fingerprint density at radius 1 is 1.28 bits per heavy atom. The molecule has 138 valence electrons. The van der Waals surface area contributed by atoms with Crippen LogP contribution >= 0.6 is 24.0 Å². The van der Waals surface area contributed by atoms with Gasteiger partial charge in [-0.2, -0.15) is 0 Å². The van der Waals surface area contributed by atoms with Crippen LogP contribution in [-0.2, 0) is 4.79 Å². The van der Waals surface area contributed by atoms with Crippen molar-refractivity contribution in [2.45, 2.75) is 37.8 Å². The predicted octanol–water partition coefficient (Wildman–Crippen LogP) is 3.01. The smallest absolute Gasteiger partial charge is 0.234 e. The van der Waals surface area contributed by atoms with Gasteiger partial charge in [0.15, 0.2) is 0 Å². The maximum atomic E-state index is 12.6. The van der Waals surface area contributed by atoms with E-state index < -0.39 is 0 Å². The Bertz CT molecular complexity index is 592. The van der Waals surface area contributed by atoms with Gasteiger partial charge in [-0.1, -0.05) is 23.7 Å². The van der Waals surface area contributed by atoms with Crippen molar-refractivity contribution in [2.75, 3.05) is 26.2 Å². The van der Waals surface area contributed by atoms with Gasteiger partial charge in [0.25, 0.3) is 0 Å². The molecule has 1 aliphatic heterocycles. The molecule has 1 atom stereocenters. The molecule has 0 radical (unpaired) electrons. The zero-order chi connectivity index (χ0) is 16.5. The summed E-state index contributed by atoms with van der Waals surface area (Å²) in [5.41, 5.74) is 1.18. The van der Waals surface area contributed by atoms with Gasteiger partial charge in [0.1, 0.15) is 0 Å². The average molecular weight is 384 g/mol. The molecule has 2 N–H and O–H groups in total. The molecule has 2 aliphatic carbocycles. The molecule has 6 heteroatoms. The highest BCUT2D eigenvalue weighted by Gasteiger charge is 2.42. The molecule has 1 saturated heterocycles. The second-order valence-electron chi connectivity index (χ2n) is 7.51. The summed E-state index contributed by atoms with van der Waals surface area (Å²) in [5, 5.41) is 7.54. The van der Waals surface area contributed by atoms with E-state index in [0.29, 0.717) is 12.6 Å². The number of halogens is 2. The molecular formula is C19H27Cl2N3O. The van der Waals surface area contributed by atoms with E-state index in [1.807, 2.05) is 18.2 Å². The van der Waals surface area contributed by atoms with E-state index >= 15 is 0 Å². The molecule has 0 spiro atoms. The van der Waals surface area contributed by atoms with Crippen LogP contribution in [0.1, 0.15) is 37.3 Å². The Balaban J connectivity index is 0.00000182. The number of hydrogen-bond donors (Lipinski definition) is 2. The fourth-order valence-electron chi connectivity index (χ4n) is 3.93. The van der Waals surface area contributed by atoms with Crippen molar-refractivity contribution in [1.29, 1.82) is 0 Å². The molecule has 1 aromatic rings. The highest BCUT2D eigenvalue weighted by molar-refractivity contribution is 6.30. The first-order valence-electron chi connectivity index (χ1n) is 9.20. The minimum absolute atomic E-state index is 0. The highest BCUT2D eigenvalue weighted by atomic mass is 35.5. The standard InChI is InChI=1S/C19H26ClN3O.ClH/c20-16-3-1-2-15(10-16)17-11-21-8-9-23(17)12-18(24)22-19(13-4-5-13)14-6-7-14;/h1-3,10,13-14,17,19,21H,4-9,11-12H2,(H,22,24);1H. The van der Waals surface area contributed by atoms with Crippen LogP contribution in [0.2, 0.25) is 5.02 Å². The normalized spacial score (nSPS) is 24.0. The lowest BCUT2D eigenvalue weighted by Gasteiger charge is -2.36. The third-order valence-electron chi connectivity index (χ3n) is 5.52. The van der Waals surface area contributed by atoms with Crippen molar-refractivity contribution in [2.24, 2.45) is 11.8 Å². The molecule has 3 fully saturated rings. The van der Waals surface area contributed by atoms with E-state index in [1.54, 1.807) is 0 Å². The molecule has 1 aromatic carbocycles. The van der Waals surface area contributed by atoms with Crippen LogP contribution in [0.5, 0.6) is 0 Å². The summed E-state index contributed by atoms with van der Waals surface area (Å²) in [6, 6.07) is 8.65. The van der Waals surface area contributed by atoms with Crippen LogP contribution in [0.4, 0.5) is 0 Å². The number of carbonyl (C=O) groups excluding carboxylic acids is 1. The summed E-state index contributed by atoms with van der Waals surface area (Å²) in [5.74, 6) is 1.68. The second-order valence-corrected chi connectivity index (χ2v) is 7.95. The largest absolute Gasteiger partial charge is 0.352 e. The minimum atomic E-state index is 0. The van der Waals surface area contributed by atoms with Crippen molar-refractivity contribution in [3.05, 3.63) is 34.9 Å². The lowest BCUT2D eigenvalue weighted by molar-refractivity contribution is -0.124. The maximum Gasteiger partial charge on any atom is 0.234 e. The van der Waals surface area contributed by atoms with E-state index in [4.69, 9.17) is 11.6 Å². The molecule has 4 nitrogen and oxygen atoms in total. The minimum Gasteiger partial charge on any atom is -0.352 e. The first-order chi connectivity index (χ1) is 11.7. The number of benzene rings is 1. The van der Waals surface area contributed by atoms with Gasteiger partial charge in [-0.05, 0) is 55.2 Å². The van der Waals surface area contributed by atoms with Gasteiger partial charge in [0.05, 0.1) is 6.54 Å². The summed E-state index contributed by atoms with van der Waals surface area (Å²) in [4.78, 5) is 14.9. The highest BCUT2D eigenvalue weighted by Crippen LogP contribution is 2.44. The van der Waals surface area contributed by atoms with Gasteiger partial charge in [-0.25, -0.2) is 0 Å². The molecule has 25 heavy (non-hydrogen) atoms. The molecule has 0 bridgehead atoms. The van der Waals surface area contributed by atoms with Gasteiger partial charge in [0.2, 0.25) is 5.91 Å². The Labute approximate surface area is 161 Å². The van der Waals surface area contributed by atoms with Crippen LogP contribution in [0.15, 0.2) is 24.3 Å². The first kappa shape index (κ1) is 19.0. The Kier molecular flexibility index (Phi) is 6.26. The number of nitrogens with one attached hydrogen (secondary N) is 2. The number of carbonyl (C=O) groups is 1. The molecule has 3 aliphatic rings. The maximum absolute atomic E-state index is 12.6. The number of amides is 1. The lowest BCUT2D eigenvalue weighted by Crippen LogP contribution is -2.51. The van der Waals surface area contributed by atoms with Crippen LogP contribution in [0, 0.1) is 11.8 Å². The number of hydrogen-bond acceptors (Lipinski definition) is 3. The molecule has 2 saturated carbocycles. The topological polar surface area (TPSA) is 44.4 Å². The van der Waals surface area contributed by atoms with Crippen molar-refractivity contribution >= 4 is 29.9 Å². The van der Waals surface area contributed by atoms with Crippen molar-refractivity contribution in [1.82, 2.24) is 15.5 Å². The summed E-state index contributed by atoms with van der Waals surface area (Å²) in [6.07, 6.45) is 5.17. The molecule has 1 amide bonds. The Morgan fingerprint density at radius 3 is 2.64 bits per heavy atom. The van der Waals surface area contributed by atoms with Gasteiger partial charge < -0.3 is 10.6 Å². The van der Waals surface area contributed by atoms with Gasteiger partial charge >= 0.3 is 0 Å². The SMILES string of the molecule is Cl.O=C(CN1CCNCC1c1cccc(Cl)c1)NC(C1CC1)C1CC1. The summed E-state index contributed by atoms with van der Waals surface area (Å²) < 4.78 is 0. The third kappa shape index (κ3) is 4.88. The summed E-state index contributed by atoms with van der Waals surface area (Å²) in [6.45, 7) is 3.16. The van der Waals surface area contributed by atoms with Crippen LogP contribution in [0.25, 0.3) is 0 Å². The van der Waals surface area contributed by atoms with E-state index in [0.717, 1.165) is 36.5 Å². The molecule has 1 heterocycles. The molecular weight excluding hydrogens is 357 g/mol. The summed E-state index contributed by atoms with van der Waals surface area (Å²) >= 11 is 6.15. The van der Waals surface area contributed by atoms with Crippen molar-refractivity contribution < 1.29 is 4.79 Å². The van der Waals surface area contributed by atoms with Crippen molar-refractivity contribution in [3.63, 3.8) is 0 Å². The van der Waals surface area contributed by atoms with Crippen LogP contribution < -0.4 is 10.6 Å². The van der Waals surface area contributed by atoms with E-state index in [-0.39, 0.29) is 24.4 Å². The molecule has 1 unspecified atom stereocenters. The molecule has 4 rings (SSSR count). The zero-order valence-electron chi connectivity index (χ0n) is 14.4. The van der Waals surface area contributed by atoms with Crippen LogP contribution in [0.3, 0.4) is 0 Å². The number of piperazine rings is 1. The van der Waals surface area contributed by atoms with E-state index in [9.17, 15) is 4.79 Å².